The SMILES string of the molecule is Cc1[nH]c2ccccc2c1/C=N/NC(=O)c1ccccc1O. The van der Waals surface area contributed by atoms with Gasteiger partial charge in [-0.05, 0) is 25.1 Å². The second-order valence-corrected chi connectivity index (χ2v) is 4.93. The van der Waals surface area contributed by atoms with Crippen molar-refractivity contribution in [3.05, 3.63) is 65.4 Å². The zero-order chi connectivity index (χ0) is 15.5. The van der Waals surface area contributed by atoms with Crippen LogP contribution >= 0.6 is 0 Å². The number of rotatable bonds is 3. The quantitative estimate of drug-likeness (QED) is 0.513. The van der Waals surface area contributed by atoms with E-state index >= 15 is 0 Å². The molecule has 0 spiro atoms. The fourth-order valence-corrected chi connectivity index (χ4v) is 2.35. The van der Waals surface area contributed by atoms with Crippen LogP contribution in [0.3, 0.4) is 0 Å². The molecule has 0 atom stereocenters. The molecule has 0 aliphatic heterocycles. The molecule has 0 radical (unpaired) electrons. The number of hydrazone groups is 1. The van der Waals surface area contributed by atoms with E-state index in [1.807, 2.05) is 31.2 Å². The largest absolute Gasteiger partial charge is 0.507 e. The summed E-state index contributed by atoms with van der Waals surface area (Å²) in [4.78, 5) is 15.2. The summed E-state index contributed by atoms with van der Waals surface area (Å²) in [6.45, 7) is 1.95. The molecule has 0 saturated carbocycles. The van der Waals surface area contributed by atoms with E-state index in [4.69, 9.17) is 0 Å². The average Bonchev–Trinajstić information content (AvgIpc) is 2.83. The van der Waals surface area contributed by atoms with E-state index in [1.165, 1.54) is 12.1 Å². The van der Waals surface area contributed by atoms with E-state index in [1.54, 1.807) is 18.3 Å². The number of hydrogen-bond donors (Lipinski definition) is 3. The highest BCUT2D eigenvalue weighted by atomic mass is 16.3. The van der Waals surface area contributed by atoms with E-state index in [-0.39, 0.29) is 11.3 Å². The van der Waals surface area contributed by atoms with E-state index in [2.05, 4.69) is 15.5 Å². The van der Waals surface area contributed by atoms with Crippen molar-refractivity contribution in [2.45, 2.75) is 6.92 Å². The molecule has 1 heterocycles. The molecular formula is C17H15N3O2. The molecular weight excluding hydrogens is 278 g/mol. The molecule has 3 N–H and O–H groups in total. The lowest BCUT2D eigenvalue weighted by Gasteiger charge is -2.01. The summed E-state index contributed by atoms with van der Waals surface area (Å²) >= 11 is 0. The smallest absolute Gasteiger partial charge is 0.275 e. The molecule has 3 aromatic rings. The molecule has 5 heteroatoms. The number of benzene rings is 2. The number of para-hydroxylation sites is 2. The normalized spacial score (nSPS) is 11.1. The van der Waals surface area contributed by atoms with Crippen molar-refractivity contribution in [2.24, 2.45) is 5.10 Å². The van der Waals surface area contributed by atoms with Crippen molar-refractivity contribution < 1.29 is 9.90 Å². The van der Waals surface area contributed by atoms with Gasteiger partial charge in [0.05, 0.1) is 11.8 Å². The number of amides is 1. The third-order valence-corrected chi connectivity index (χ3v) is 3.45. The highest BCUT2D eigenvalue weighted by molar-refractivity contribution is 6.02. The molecule has 0 aliphatic rings. The Hall–Kier alpha value is -3.08. The van der Waals surface area contributed by atoms with Crippen LogP contribution in [0.4, 0.5) is 0 Å². The van der Waals surface area contributed by atoms with Crippen LogP contribution in [0.2, 0.25) is 0 Å². The monoisotopic (exact) mass is 293 g/mol. The van der Waals surface area contributed by atoms with Gasteiger partial charge >= 0.3 is 0 Å². The summed E-state index contributed by atoms with van der Waals surface area (Å²) in [5.74, 6) is -0.523. The van der Waals surface area contributed by atoms with Gasteiger partial charge in [-0.25, -0.2) is 5.43 Å². The van der Waals surface area contributed by atoms with Crippen LogP contribution in [0.5, 0.6) is 5.75 Å². The van der Waals surface area contributed by atoms with Crippen molar-refractivity contribution in [3.63, 3.8) is 0 Å². The molecule has 0 aliphatic carbocycles. The van der Waals surface area contributed by atoms with Gasteiger partial charge in [-0.3, -0.25) is 4.79 Å². The minimum atomic E-state index is -0.452. The second-order valence-electron chi connectivity index (χ2n) is 4.93. The molecule has 22 heavy (non-hydrogen) atoms. The van der Waals surface area contributed by atoms with E-state index < -0.39 is 5.91 Å². The molecule has 1 amide bonds. The standard InChI is InChI=1S/C17H15N3O2/c1-11-14(12-6-2-4-8-15(12)19-11)10-18-20-17(22)13-7-3-5-9-16(13)21/h2-10,19,21H,1H3,(H,20,22)/b18-10+. The molecule has 0 unspecified atom stereocenters. The van der Waals surface area contributed by atoms with Gasteiger partial charge in [-0.15, -0.1) is 0 Å². The summed E-state index contributed by atoms with van der Waals surface area (Å²) in [7, 11) is 0. The number of aromatic amines is 1. The molecule has 110 valence electrons. The first-order valence-electron chi connectivity index (χ1n) is 6.85. The minimum absolute atomic E-state index is 0.0709. The number of nitrogens with zero attached hydrogens (tertiary/aromatic N) is 1. The number of nitrogens with one attached hydrogen (secondary N) is 2. The first-order valence-corrected chi connectivity index (χ1v) is 6.85. The summed E-state index contributed by atoms with van der Waals surface area (Å²) < 4.78 is 0. The van der Waals surface area contributed by atoms with E-state index in [0.717, 1.165) is 22.2 Å². The first-order chi connectivity index (χ1) is 10.7. The molecule has 0 fully saturated rings. The topological polar surface area (TPSA) is 77.5 Å². The van der Waals surface area contributed by atoms with Crippen molar-refractivity contribution in [3.8, 4) is 5.75 Å². The Morgan fingerprint density at radius 3 is 2.73 bits per heavy atom. The number of fused-ring (bicyclic) bond motifs is 1. The van der Waals surface area contributed by atoms with Crippen molar-refractivity contribution in [1.82, 2.24) is 10.4 Å². The third kappa shape index (κ3) is 2.56. The van der Waals surface area contributed by atoms with Crippen LogP contribution in [-0.2, 0) is 0 Å². The van der Waals surface area contributed by atoms with Crippen molar-refractivity contribution >= 4 is 23.0 Å². The zero-order valence-electron chi connectivity index (χ0n) is 12.0. The third-order valence-electron chi connectivity index (χ3n) is 3.45. The van der Waals surface area contributed by atoms with Gasteiger partial charge < -0.3 is 10.1 Å². The predicted octanol–water partition coefficient (Wildman–Crippen LogP) is 2.95. The summed E-state index contributed by atoms with van der Waals surface area (Å²) in [5.41, 5.74) is 5.54. The lowest BCUT2D eigenvalue weighted by molar-refractivity contribution is 0.0952. The number of phenols is 1. The maximum Gasteiger partial charge on any atom is 0.275 e. The minimum Gasteiger partial charge on any atom is -0.507 e. The fourth-order valence-electron chi connectivity index (χ4n) is 2.35. The Kier molecular flexibility index (Phi) is 3.62. The number of aromatic nitrogens is 1. The molecule has 1 aromatic heterocycles. The molecule has 2 aromatic carbocycles. The van der Waals surface area contributed by atoms with Crippen LogP contribution in [0.1, 0.15) is 21.6 Å². The number of aryl methyl sites for hydroxylation is 1. The van der Waals surface area contributed by atoms with Gasteiger partial charge in [0.25, 0.3) is 5.91 Å². The molecule has 0 saturated heterocycles. The predicted molar refractivity (Wildman–Crippen MR) is 86.2 cm³/mol. The number of phenolic OH excluding ortho intramolecular Hbond substituents is 1. The number of hydrogen-bond acceptors (Lipinski definition) is 3. The van der Waals surface area contributed by atoms with Crippen molar-refractivity contribution in [1.29, 1.82) is 0 Å². The summed E-state index contributed by atoms with van der Waals surface area (Å²) in [5, 5.41) is 14.7. The Balaban J connectivity index is 1.81. The van der Waals surface area contributed by atoms with E-state index in [9.17, 15) is 9.90 Å². The number of H-pyrrole nitrogens is 1. The number of carbonyl (C=O) groups is 1. The first kappa shape index (κ1) is 13.9. The van der Waals surface area contributed by atoms with Crippen LogP contribution < -0.4 is 5.43 Å². The molecule has 3 rings (SSSR count). The van der Waals surface area contributed by atoms with Gasteiger partial charge in [-0.1, -0.05) is 30.3 Å². The average molecular weight is 293 g/mol. The van der Waals surface area contributed by atoms with Crippen molar-refractivity contribution in [2.75, 3.05) is 0 Å². The van der Waals surface area contributed by atoms with Gasteiger partial charge in [0.1, 0.15) is 5.75 Å². The Morgan fingerprint density at radius 1 is 1.18 bits per heavy atom. The van der Waals surface area contributed by atoms with E-state index in [0.29, 0.717) is 0 Å². The maximum atomic E-state index is 11.9. The highest BCUT2D eigenvalue weighted by Crippen LogP contribution is 2.20. The van der Waals surface area contributed by atoms with Crippen LogP contribution in [0.15, 0.2) is 53.6 Å². The zero-order valence-corrected chi connectivity index (χ0v) is 12.0. The maximum absolute atomic E-state index is 11.9. The lowest BCUT2D eigenvalue weighted by Crippen LogP contribution is -2.17. The second kappa shape index (κ2) is 5.73. The Morgan fingerprint density at radius 2 is 1.91 bits per heavy atom. The Bertz CT molecular complexity index is 865. The van der Waals surface area contributed by atoms with Gasteiger partial charge in [0.2, 0.25) is 0 Å². The van der Waals surface area contributed by atoms with Gasteiger partial charge in [0.15, 0.2) is 0 Å². The Labute approximate surface area is 127 Å². The summed E-state index contributed by atoms with van der Waals surface area (Å²) in [6.07, 6.45) is 1.60. The fraction of sp³-hybridized carbons (Fsp3) is 0.0588. The van der Waals surface area contributed by atoms with Crippen LogP contribution in [0, 0.1) is 6.92 Å². The number of aromatic hydroxyl groups is 1. The van der Waals surface area contributed by atoms with Crippen LogP contribution in [0.25, 0.3) is 10.9 Å². The molecule has 5 nitrogen and oxygen atoms in total. The molecule has 0 bridgehead atoms. The summed E-state index contributed by atoms with van der Waals surface area (Å²) in [6, 6.07) is 14.2. The van der Waals surface area contributed by atoms with Crippen LogP contribution in [-0.4, -0.2) is 22.2 Å². The lowest BCUT2D eigenvalue weighted by atomic mass is 10.1. The van der Waals surface area contributed by atoms with Gasteiger partial charge in [0, 0.05) is 22.2 Å². The highest BCUT2D eigenvalue weighted by Gasteiger charge is 2.09. The van der Waals surface area contributed by atoms with Gasteiger partial charge in [-0.2, -0.15) is 5.10 Å². The number of carbonyl (C=O) groups excluding carboxylic acids is 1.